The molecular formula is C13H20INO2. The van der Waals surface area contributed by atoms with Crippen molar-refractivity contribution in [3.8, 4) is 0 Å². The van der Waals surface area contributed by atoms with Gasteiger partial charge in [0.1, 0.15) is 5.76 Å². The molecule has 0 fully saturated rings. The fourth-order valence-corrected chi connectivity index (χ4v) is 2.09. The van der Waals surface area contributed by atoms with Crippen molar-refractivity contribution < 1.29 is 9.21 Å². The number of hydrogen-bond donors (Lipinski definition) is 1. The number of halogens is 1. The first-order valence-corrected chi connectivity index (χ1v) is 7.73. The van der Waals surface area contributed by atoms with Crippen molar-refractivity contribution in [2.75, 3.05) is 11.0 Å². The Morgan fingerprint density at radius 1 is 1.29 bits per heavy atom. The van der Waals surface area contributed by atoms with Gasteiger partial charge in [0.15, 0.2) is 5.76 Å². The standard InChI is InChI=1S/C13H20INO2/c1-2-11-7-8-12(17-11)13(16)15-10-6-4-3-5-9-14/h7-8H,2-6,9-10H2,1H3,(H,15,16). The molecular weight excluding hydrogens is 329 g/mol. The predicted molar refractivity (Wildman–Crippen MR) is 77.8 cm³/mol. The molecule has 0 aromatic carbocycles. The summed E-state index contributed by atoms with van der Waals surface area (Å²) in [6, 6.07) is 3.60. The van der Waals surface area contributed by atoms with E-state index in [0.29, 0.717) is 5.76 Å². The van der Waals surface area contributed by atoms with Gasteiger partial charge in [0.05, 0.1) is 0 Å². The van der Waals surface area contributed by atoms with Crippen molar-refractivity contribution >= 4 is 28.5 Å². The fraction of sp³-hybridized carbons (Fsp3) is 0.615. The number of aryl methyl sites for hydroxylation is 1. The third-order valence-electron chi connectivity index (χ3n) is 2.58. The Hall–Kier alpha value is -0.520. The van der Waals surface area contributed by atoms with Crippen LogP contribution in [-0.2, 0) is 6.42 Å². The Morgan fingerprint density at radius 3 is 2.71 bits per heavy atom. The molecule has 1 heterocycles. The zero-order valence-corrected chi connectivity index (χ0v) is 12.5. The number of alkyl halides is 1. The van der Waals surface area contributed by atoms with Crippen LogP contribution < -0.4 is 5.32 Å². The molecule has 0 saturated carbocycles. The zero-order chi connectivity index (χ0) is 12.5. The number of hydrogen-bond acceptors (Lipinski definition) is 2. The number of carbonyl (C=O) groups is 1. The lowest BCUT2D eigenvalue weighted by Gasteiger charge is -2.02. The summed E-state index contributed by atoms with van der Waals surface area (Å²) >= 11 is 2.39. The molecule has 4 heteroatoms. The summed E-state index contributed by atoms with van der Waals surface area (Å²) in [5.74, 6) is 1.19. The van der Waals surface area contributed by atoms with Crippen molar-refractivity contribution in [1.82, 2.24) is 5.32 Å². The van der Waals surface area contributed by atoms with Crippen LogP contribution in [0.25, 0.3) is 0 Å². The van der Waals surface area contributed by atoms with E-state index in [1.807, 2.05) is 13.0 Å². The Morgan fingerprint density at radius 2 is 2.06 bits per heavy atom. The molecule has 0 aliphatic carbocycles. The van der Waals surface area contributed by atoms with E-state index >= 15 is 0 Å². The second kappa shape index (κ2) is 8.55. The lowest BCUT2D eigenvalue weighted by Crippen LogP contribution is -2.23. The minimum atomic E-state index is -0.0985. The van der Waals surface area contributed by atoms with Crippen LogP contribution in [-0.4, -0.2) is 16.9 Å². The molecule has 1 aromatic heterocycles. The minimum Gasteiger partial charge on any atom is -0.456 e. The minimum absolute atomic E-state index is 0.0985. The summed E-state index contributed by atoms with van der Waals surface area (Å²) in [4.78, 5) is 11.7. The summed E-state index contributed by atoms with van der Waals surface area (Å²) in [6.45, 7) is 2.75. The lowest BCUT2D eigenvalue weighted by atomic mass is 10.2. The second-order valence-electron chi connectivity index (χ2n) is 3.98. The first kappa shape index (κ1) is 14.5. The highest BCUT2D eigenvalue weighted by atomic mass is 127. The van der Waals surface area contributed by atoms with Crippen molar-refractivity contribution in [2.24, 2.45) is 0 Å². The Labute approximate surface area is 116 Å². The summed E-state index contributed by atoms with van der Waals surface area (Å²) in [6.07, 6.45) is 5.57. The summed E-state index contributed by atoms with van der Waals surface area (Å²) in [5, 5.41) is 2.88. The molecule has 0 bridgehead atoms. The van der Waals surface area contributed by atoms with E-state index in [0.717, 1.165) is 25.1 Å². The van der Waals surface area contributed by atoms with E-state index in [1.54, 1.807) is 6.07 Å². The topological polar surface area (TPSA) is 42.2 Å². The first-order chi connectivity index (χ1) is 8.27. The summed E-state index contributed by atoms with van der Waals surface area (Å²) in [7, 11) is 0. The van der Waals surface area contributed by atoms with Gasteiger partial charge >= 0.3 is 0 Å². The molecule has 0 saturated heterocycles. The average molecular weight is 349 g/mol. The van der Waals surface area contributed by atoms with Gasteiger partial charge in [-0.05, 0) is 29.4 Å². The quantitative estimate of drug-likeness (QED) is 0.443. The number of amides is 1. The SMILES string of the molecule is CCc1ccc(C(=O)NCCCCCCI)o1. The molecule has 1 amide bonds. The maximum atomic E-state index is 11.7. The highest BCUT2D eigenvalue weighted by molar-refractivity contribution is 14.1. The molecule has 0 unspecified atom stereocenters. The van der Waals surface area contributed by atoms with Gasteiger partial charge in [0.2, 0.25) is 0 Å². The van der Waals surface area contributed by atoms with Crippen molar-refractivity contribution in [3.05, 3.63) is 23.7 Å². The number of unbranched alkanes of at least 4 members (excludes halogenated alkanes) is 3. The van der Waals surface area contributed by atoms with Gasteiger partial charge < -0.3 is 9.73 Å². The van der Waals surface area contributed by atoms with Crippen LogP contribution >= 0.6 is 22.6 Å². The molecule has 0 radical (unpaired) electrons. The Balaban J connectivity index is 2.16. The number of furan rings is 1. The Bertz CT molecular complexity index is 336. The largest absolute Gasteiger partial charge is 0.456 e. The summed E-state index contributed by atoms with van der Waals surface area (Å²) in [5.41, 5.74) is 0. The lowest BCUT2D eigenvalue weighted by molar-refractivity contribution is 0.0923. The van der Waals surface area contributed by atoms with Crippen LogP contribution in [0.1, 0.15) is 48.9 Å². The first-order valence-electron chi connectivity index (χ1n) is 6.20. The van der Waals surface area contributed by atoms with Crippen LogP contribution in [0.2, 0.25) is 0 Å². The number of nitrogens with one attached hydrogen (secondary N) is 1. The molecule has 0 aliphatic rings. The van der Waals surface area contributed by atoms with Gasteiger partial charge in [0, 0.05) is 13.0 Å². The van der Waals surface area contributed by atoms with E-state index in [1.165, 1.54) is 23.7 Å². The second-order valence-corrected chi connectivity index (χ2v) is 5.06. The van der Waals surface area contributed by atoms with E-state index in [9.17, 15) is 4.79 Å². The van der Waals surface area contributed by atoms with Crippen LogP contribution in [0.4, 0.5) is 0 Å². The monoisotopic (exact) mass is 349 g/mol. The third-order valence-corrected chi connectivity index (χ3v) is 3.34. The van der Waals surface area contributed by atoms with Gasteiger partial charge in [-0.25, -0.2) is 0 Å². The molecule has 0 atom stereocenters. The van der Waals surface area contributed by atoms with Crippen molar-refractivity contribution in [2.45, 2.75) is 39.0 Å². The number of carbonyl (C=O) groups excluding carboxylic acids is 1. The predicted octanol–water partition coefficient (Wildman–Crippen LogP) is 3.57. The highest BCUT2D eigenvalue weighted by Gasteiger charge is 2.09. The summed E-state index contributed by atoms with van der Waals surface area (Å²) < 4.78 is 6.60. The highest BCUT2D eigenvalue weighted by Crippen LogP contribution is 2.08. The van der Waals surface area contributed by atoms with Crippen LogP contribution in [0.3, 0.4) is 0 Å². The zero-order valence-electron chi connectivity index (χ0n) is 10.3. The van der Waals surface area contributed by atoms with Crippen molar-refractivity contribution in [3.63, 3.8) is 0 Å². The maximum Gasteiger partial charge on any atom is 0.286 e. The average Bonchev–Trinajstić information content (AvgIpc) is 2.82. The Kier molecular flexibility index (Phi) is 7.32. The molecule has 0 spiro atoms. The molecule has 17 heavy (non-hydrogen) atoms. The van der Waals surface area contributed by atoms with Gasteiger partial charge in [-0.15, -0.1) is 0 Å². The molecule has 1 rings (SSSR count). The van der Waals surface area contributed by atoms with Gasteiger partial charge in [-0.3, -0.25) is 4.79 Å². The van der Waals surface area contributed by atoms with E-state index in [-0.39, 0.29) is 5.91 Å². The van der Waals surface area contributed by atoms with Crippen LogP contribution in [0.5, 0.6) is 0 Å². The van der Waals surface area contributed by atoms with E-state index in [4.69, 9.17) is 4.42 Å². The van der Waals surface area contributed by atoms with Gasteiger partial charge in [0.25, 0.3) is 5.91 Å². The third kappa shape index (κ3) is 5.57. The molecule has 0 aliphatic heterocycles. The van der Waals surface area contributed by atoms with E-state index < -0.39 is 0 Å². The van der Waals surface area contributed by atoms with Gasteiger partial charge in [-0.2, -0.15) is 0 Å². The van der Waals surface area contributed by atoms with Crippen LogP contribution in [0.15, 0.2) is 16.5 Å². The fourth-order valence-electron chi connectivity index (χ4n) is 1.55. The molecule has 1 N–H and O–H groups in total. The molecule has 3 nitrogen and oxygen atoms in total. The smallest absolute Gasteiger partial charge is 0.286 e. The van der Waals surface area contributed by atoms with E-state index in [2.05, 4.69) is 27.9 Å². The molecule has 96 valence electrons. The normalized spacial score (nSPS) is 10.5. The van der Waals surface area contributed by atoms with Crippen molar-refractivity contribution in [1.29, 1.82) is 0 Å². The number of rotatable bonds is 8. The van der Waals surface area contributed by atoms with Crippen LogP contribution in [0, 0.1) is 0 Å². The van der Waals surface area contributed by atoms with Gasteiger partial charge in [-0.1, -0.05) is 42.4 Å². The maximum absolute atomic E-state index is 11.7. The molecule has 1 aromatic rings.